The minimum absolute atomic E-state index is 0.0612. The normalized spacial score (nSPS) is 22.2. The van der Waals surface area contributed by atoms with E-state index in [2.05, 4.69) is 20.9 Å². The van der Waals surface area contributed by atoms with Gasteiger partial charge in [-0.2, -0.15) is 0 Å². The lowest BCUT2D eigenvalue weighted by Gasteiger charge is -2.40. The molecule has 8 nitrogen and oxygen atoms in total. The van der Waals surface area contributed by atoms with Gasteiger partial charge < -0.3 is 25.8 Å². The van der Waals surface area contributed by atoms with Crippen molar-refractivity contribution < 1.29 is 14.4 Å². The van der Waals surface area contributed by atoms with Crippen LogP contribution in [0.1, 0.15) is 48.5 Å². The minimum Gasteiger partial charge on any atom is -0.362 e. The van der Waals surface area contributed by atoms with Gasteiger partial charge in [0.15, 0.2) is 0 Å². The van der Waals surface area contributed by atoms with E-state index in [4.69, 9.17) is 0 Å². The number of anilines is 1. The number of benzene rings is 1. The maximum Gasteiger partial charge on any atom is 0.255 e. The molecule has 3 N–H and O–H groups in total. The summed E-state index contributed by atoms with van der Waals surface area (Å²) in [7, 11) is 3.99. The van der Waals surface area contributed by atoms with Crippen LogP contribution in [0, 0.1) is 6.92 Å². The van der Waals surface area contributed by atoms with Gasteiger partial charge >= 0.3 is 0 Å². The molecule has 2 heterocycles. The van der Waals surface area contributed by atoms with E-state index >= 15 is 0 Å². The average molecular weight is 416 g/mol. The van der Waals surface area contributed by atoms with E-state index in [0.717, 1.165) is 24.2 Å². The van der Waals surface area contributed by atoms with Gasteiger partial charge in [-0.25, -0.2) is 0 Å². The molecule has 3 amide bonds. The highest BCUT2D eigenvalue weighted by molar-refractivity contribution is 6.02. The Morgan fingerprint density at radius 1 is 1.27 bits per heavy atom. The van der Waals surface area contributed by atoms with Crippen molar-refractivity contribution >= 4 is 23.4 Å². The van der Waals surface area contributed by atoms with Crippen molar-refractivity contribution in [1.82, 2.24) is 20.4 Å². The first-order valence-electron chi connectivity index (χ1n) is 10.6. The zero-order chi connectivity index (χ0) is 21.9. The number of fused-ring (bicyclic) bond motifs is 1. The summed E-state index contributed by atoms with van der Waals surface area (Å²) in [6, 6.07) is 5.15. The number of carbonyl (C=O) groups is 3. The van der Waals surface area contributed by atoms with Crippen LogP contribution in [-0.4, -0.2) is 73.0 Å². The lowest BCUT2D eigenvalue weighted by atomic mass is 9.94. The first kappa shape index (κ1) is 22.1. The van der Waals surface area contributed by atoms with E-state index in [1.807, 2.05) is 39.2 Å². The van der Waals surface area contributed by atoms with E-state index in [0.29, 0.717) is 31.5 Å². The summed E-state index contributed by atoms with van der Waals surface area (Å²) in [5, 5.41) is 9.47. The molecule has 2 aliphatic rings. The average Bonchev–Trinajstić information content (AvgIpc) is 2.83. The maximum atomic E-state index is 12.8. The molecule has 0 aromatic heterocycles. The topological polar surface area (TPSA) is 93.8 Å². The molecule has 2 atom stereocenters. The second-order valence-electron chi connectivity index (χ2n) is 8.67. The Morgan fingerprint density at radius 3 is 2.77 bits per heavy atom. The van der Waals surface area contributed by atoms with Gasteiger partial charge in [0.05, 0.1) is 5.56 Å². The second kappa shape index (κ2) is 9.04. The number of nitrogens with one attached hydrogen (secondary N) is 3. The molecule has 0 aliphatic carbocycles. The van der Waals surface area contributed by atoms with Crippen molar-refractivity contribution in [2.45, 2.75) is 51.2 Å². The molecule has 0 unspecified atom stereocenters. The van der Waals surface area contributed by atoms with Crippen molar-refractivity contribution in [3.8, 4) is 0 Å². The van der Waals surface area contributed by atoms with Gasteiger partial charge in [-0.15, -0.1) is 0 Å². The molecule has 1 spiro atoms. The van der Waals surface area contributed by atoms with Crippen LogP contribution in [0.15, 0.2) is 18.2 Å². The highest BCUT2D eigenvalue weighted by atomic mass is 16.2. The van der Waals surface area contributed by atoms with Gasteiger partial charge in [0, 0.05) is 31.6 Å². The molecule has 0 radical (unpaired) electrons. The zero-order valence-electron chi connectivity index (χ0n) is 18.4. The standard InChI is InChI=1S/C22H33N5O3/c1-15-6-7-17-18(14-15)24-22(25-21(17)30)9-8-19(28)27(13-10-22)16(2)20(29)23-11-5-12-26(3)4/h6-7,14,16,24H,5,8-13H2,1-4H3,(H,23,29)(H,25,30)/t16-,22+/m1/s1. The van der Waals surface area contributed by atoms with E-state index < -0.39 is 11.7 Å². The third-order valence-corrected chi connectivity index (χ3v) is 5.94. The lowest BCUT2D eigenvalue weighted by molar-refractivity contribution is -0.139. The summed E-state index contributed by atoms with van der Waals surface area (Å²) >= 11 is 0. The summed E-state index contributed by atoms with van der Waals surface area (Å²) in [6.45, 7) is 5.63. The lowest BCUT2D eigenvalue weighted by Crippen LogP contribution is -2.58. The summed E-state index contributed by atoms with van der Waals surface area (Å²) in [6.07, 6.45) is 2.15. The predicted molar refractivity (Wildman–Crippen MR) is 116 cm³/mol. The summed E-state index contributed by atoms with van der Waals surface area (Å²) in [5.41, 5.74) is 1.80. The molecule has 1 aromatic carbocycles. The van der Waals surface area contributed by atoms with Crippen LogP contribution in [0.2, 0.25) is 0 Å². The Morgan fingerprint density at radius 2 is 2.03 bits per heavy atom. The molecule has 1 fully saturated rings. The summed E-state index contributed by atoms with van der Waals surface area (Å²) < 4.78 is 0. The Bertz CT molecular complexity index is 825. The van der Waals surface area contributed by atoms with Gasteiger partial charge in [-0.05, 0) is 65.0 Å². The van der Waals surface area contributed by atoms with E-state index in [1.165, 1.54) is 0 Å². The molecule has 1 aromatic rings. The van der Waals surface area contributed by atoms with Crippen LogP contribution in [0.5, 0.6) is 0 Å². The van der Waals surface area contributed by atoms with Crippen molar-refractivity contribution in [2.24, 2.45) is 0 Å². The number of nitrogens with zero attached hydrogens (tertiary/aromatic N) is 2. The molecule has 164 valence electrons. The van der Waals surface area contributed by atoms with Crippen molar-refractivity contribution in [3.63, 3.8) is 0 Å². The Balaban J connectivity index is 1.65. The van der Waals surface area contributed by atoms with E-state index in [9.17, 15) is 14.4 Å². The highest BCUT2D eigenvalue weighted by Crippen LogP contribution is 2.32. The molecule has 0 bridgehead atoms. The van der Waals surface area contributed by atoms with Gasteiger partial charge in [0.25, 0.3) is 5.91 Å². The molecule has 1 saturated heterocycles. The fraction of sp³-hybridized carbons (Fsp3) is 0.591. The molecule has 2 aliphatic heterocycles. The summed E-state index contributed by atoms with van der Waals surface area (Å²) in [5.74, 6) is -0.329. The number of hydrogen-bond acceptors (Lipinski definition) is 5. The minimum atomic E-state index is -0.676. The van der Waals surface area contributed by atoms with Crippen LogP contribution in [0.4, 0.5) is 5.69 Å². The maximum absolute atomic E-state index is 12.8. The van der Waals surface area contributed by atoms with Crippen LogP contribution in [0.25, 0.3) is 0 Å². The predicted octanol–water partition coefficient (Wildman–Crippen LogP) is 1.32. The Hall–Kier alpha value is -2.61. The summed E-state index contributed by atoms with van der Waals surface area (Å²) in [4.78, 5) is 41.7. The number of amides is 3. The second-order valence-corrected chi connectivity index (χ2v) is 8.67. The van der Waals surface area contributed by atoms with Crippen molar-refractivity contribution in [1.29, 1.82) is 0 Å². The molecular weight excluding hydrogens is 382 g/mol. The van der Waals surface area contributed by atoms with Crippen molar-refractivity contribution in [2.75, 3.05) is 39.0 Å². The smallest absolute Gasteiger partial charge is 0.255 e. The number of aryl methyl sites for hydroxylation is 1. The number of rotatable bonds is 6. The zero-order valence-corrected chi connectivity index (χ0v) is 18.4. The van der Waals surface area contributed by atoms with Crippen LogP contribution in [0.3, 0.4) is 0 Å². The monoisotopic (exact) mass is 415 g/mol. The number of hydrogen-bond donors (Lipinski definition) is 3. The molecule has 3 rings (SSSR count). The number of carbonyl (C=O) groups excluding carboxylic acids is 3. The van der Waals surface area contributed by atoms with Gasteiger partial charge in [-0.3, -0.25) is 14.4 Å². The van der Waals surface area contributed by atoms with Crippen molar-refractivity contribution in [3.05, 3.63) is 29.3 Å². The Kier molecular flexibility index (Phi) is 6.65. The number of likely N-dealkylation sites (tertiary alicyclic amines) is 1. The first-order chi connectivity index (χ1) is 14.2. The van der Waals surface area contributed by atoms with E-state index in [-0.39, 0.29) is 24.1 Å². The molecule has 30 heavy (non-hydrogen) atoms. The SMILES string of the molecule is Cc1ccc2c(c1)N[C@@]1(CCC(=O)N([C@H](C)C(=O)NCCCN(C)C)CC1)NC2=O. The molecule has 0 saturated carbocycles. The largest absolute Gasteiger partial charge is 0.362 e. The van der Waals surface area contributed by atoms with Gasteiger partial charge in [-0.1, -0.05) is 6.07 Å². The Labute approximate surface area is 178 Å². The van der Waals surface area contributed by atoms with Crippen LogP contribution in [-0.2, 0) is 9.59 Å². The van der Waals surface area contributed by atoms with Gasteiger partial charge in [0.1, 0.15) is 11.7 Å². The quantitative estimate of drug-likeness (QED) is 0.609. The van der Waals surface area contributed by atoms with Gasteiger partial charge in [0.2, 0.25) is 11.8 Å². The molecular formula is C22H33N5O3. The van der Waals surface area contributed by atoms with Crippen LogP contribution >= 0.6 is 0 Å². The first-order valence-corrected chi connectivity index (χ1v) is 10.6. The molecule has 8 heteroatoms. The fourth-order valence-corrected chi connectivity index (χ4v) is 4.11. The fourth-order valence-electron chi connectivity index (χ4n) is 4.11. The third-order valence-electron chi connectivity index (χ3n) is 5.94. The highest BCUT2D eigenvalue weighted by Gasteiger charge is 2.41. The third kappa shape index (κ3) is 4.92. The van der Waals surface area contributed by atoms with E-state index in [1.54, 1.807) is 11.8 Å². The van der Waals surface area contributed by atoms with Crippen LogP contribution < -0.4 is 16.0 Å².